The number of carbonyl (C=O) groups excluding carboxylic acids is 3. The Morgan fingerprint density at radius 1 is 1.37 bits per heavy atom. The predicted molar refractivity (Wildman–Crippen MR) is 74.1 cm³/mol. The van der Waals surface area contributed by atoms with Crippen molar-refractivity contribution in [1.29, 1.82) is 0 Å². The summed E-state index contributed by atoms with van der Waals surface area (Å²) in [5.74, 6) is -0.558. The fraction of sp³-hybridized carbons (Fsp3) is 0.308. The van der Waals surface area contributed by atoms with Gasteiger partial charge < -0.3 is 5.32 Å². The molecule has 1 saturated heterocycles. The first-order chi connectivity index (χ1) is 8.97. The molecule has 1 N–H and O–H groups in total. The minimum Gasteiger partial charge on any atom is -0.324 e. The summed E-state index contributed by atoms with van der Waals surface area (Å²) < 4.78 is 0. The molecule has 0 atom stereocenters. The largest absolute Gasteiger partial charge is 0.324 e. The van der Waals surface area contributed by atoms with Crippen LogP contribution in [-0.4, -0.2) is 34.3 Å². The molecule has 0 aliphatic carbocycles. The lowest BCUT2D eigenvalue weighted by Crippen LogP contribution is -2.36. The highest BCUT2D eigenvalue weighted by atomic mass is 32.2. The van der Waals surface area contributed by atoms with Gasteiger partial charge in [0.1, 0.15) is 6.54 Å². The number of thioether (sulfide) groups is 1. The lowest BCUT2D eigenvalue weighted by molar-refractivity contribution is -0.128. The Bertz CT molecular complexity index is 541. The third-order valence-corrected chi connectivity index (χ3v) is 3.66. The van der Waals surface area contributed by atoms with Gasteiger partial charge in [0.2, 0.25) is 11.8 Å². The van der Waals surface area contributed by atoms with Crippen LogP contribution in [0.15, 0.2) is 18.2 Å². The van der Waals surface area contributed by atoms with Crippen molar-refractivity contribution < 1.29 is 14.4 Å². The number of aryl methyl sites for hydroxylation is 2. The summed E-state index contributed by atoms with van der Waals surface area (Å²) in [5.41, 5.74) is 2.75. The highest BCUT2D eigenvalue weighted by Gasteiger charge is 2.31. The molecule has 0 bridgehead atoms. The summed E-state index contributed by atoms with van der Waals surface area (Å²) in [6, 6.07) is 5.66. The number of imide groups is 1. The van der Waals surface area contributed by atoms with Gasteiger partial charge in [0.05, 0.1) is 5.75 Å². The molecule has 100 valence electrons. The Morgan fingerprint density at radius 3 is 2.68 bits per heavy atom. The molecule has 1 heterocycles. The molecular weight excluding hydrogens is 264 g/mol. The van der Waals surface area contributed by atoms with E-state index in [4.69, 9.17) is 0 Å². The van der Waals surface area contributed by atoms with Crippen molar-refractivity contribution in [2.75, 3.05) is 17.6 Å². The molecule has 0 aromatic heterocycles. The quantitative estimate of drug-likeness (QED) is 0.917. The average molecular weight is 278 g/mol. The second-order valence-corrected chi connectivity index (χ2v) is 5.33. The molecule has 5 nitrogen and oxygen atoms in total. The van der Waals surface area contributed by atoms with Gasteiger partial charge >= 0.3 is 0 Å². The van der Waals surface area contributed by atoms with Gasteiger partial charge in [0.25, 0.3) is 5.24 Å². The van der Waals surface area contributed by atoms with Crippen LogP contribution in [0.5, 0.6) is 0 Å². The van der Waals surface area contributed by atoms with Crippen molar-refractivity contribution in [3.8, 4) is 0 Å². The number of benzene rings is 1. The first-order valence-electron chi connectivity index (χ1n) is 5.81. The van der Waals surface area contributed by atoms with Crippen LogP contribution in [-0.2, 0) is 9.59 Å². The van der Waals surface area contributed by atoms with E-state index in [-0.39, 0.29) is 29.4 Å². The SMILES string of the molecule is Cc1ccc(NC(=O)CN2C(=O)CSC2=O)c(C)c1. The van der Waals surface area contributed by atoms with Gasteiger partial charge in [-0.15, -0.1) is 0 Å². The highest BCUT2D eigenvalue weighted by molar-refractivity contribution is 8.14. The number of carbonyl (C=O) groups is 3. The maximum atomic E-state index is 11.8. The van der Waals surface area contributed by atoms with Crippen LogP contribution < -0.4 is 5.32 Å². The summed E-state index contributed by atoms with van der Waals surface area (Å²) in [6.07, 6.45) is 0. The minimum atomic E-state index is -0.365. The number of hydrogen-bond acceptors (Lipinski definition) is 4. The van der Waals surface area contributed by atoms with E-state index in [1.165, 1.54) is 0 Å². The summed E-state index contributed by atoms with van der Waals surface area (Å²) >= 11 is 0.924. The Morgan fingerprint density at radius 2 is 2.11 bits per heavy atom. The Labute approximate surface area is 115 Å². The lowest BCUT2D eigenvalue weighted by Gasteiger charge is -2.14. The van der Waals surface area contributed by atoms with Gasteiger partial charge in [-0.25, -0.2) is 0 Å². The summed E-state index contributed by atoms with van der Waals surface area (Å²) in [5, 5.41) is 2.35. The lowest BCUT2D eigenvalue weighted by atomic mass is 10.1. The number of anilines is 1. The second kappa shape index (κ2) is 5.44. The van der Waals surface area contributed by atoms with Gasteiger partial charge in [0, 0.05) is 5.69 Å². The molecular formula is C13H14N2O3S. The van der Waals surface area contributed by atoms with Gasteiger partial charge in [-0.05, 0) is 25.5 Å². The zero-order valence-corrected chi connectivity index (χ0v) is 11.5. The highest BCUT2D eigenvalue weighted by Crippen LogP contribution is 2.19. The van der Waals surface area contributed by atoms with Crippen molar-refractivity contribution in [2.24, 2.45) is 0 Å². The Kier molecular flexibility index (Phi) is 3.90. The van der Waals surface area contributed by atoms with E-state index < -0.39 is 0 Å². The van der Waals surface area contributed by atoms with Crippen LogP contribution >= 0.6 is 11.8 Å². The molecule has 0 radical (unpaired) electrons. The molecule has 1 aromatic rings. The molecule has 0 unspecified atom stereocenters. The predicted octanol–water partition coefficient (Wildman–Crippen LogP) is 1.94. The van der Waals surface area contributed by atoms with Crippen LogP contribution in [0.4, 0.5) is 10.5 Å². The van der Waals surface area contributed by atoms with Crippen LogP contribution in [0.2, 0.25) is 0 Å². The standard InChI is InChI=1S/C13H14N2O3S/c1-8-3-4-10(9(2)5-8)14-11(16)6-15-12(17)7-19-13(15)18/h3-5H,6-7H2,1-2H3,(H,14,16). The van der Waals surface area contributed by atoms with E-state index in [9.17, 15) is 14.4 Å². The Balaban J connectivity index is 2.01. The molecule has 2 rings (SSSR count). The number of amides is 3. The van der Waals surface area contributed by atoms with Crippen molar-refractivity contribution >= 4 is 34.5 Å². The van der Waals surface area contributed by atoms with E-state index >= 15 is 0 Å². The van der Waals surface area contributed by atoms with Crippen molar-refractivity contribution in [3.63, 3.8) is 0 Å². The fourth-order valence-corrected chi connectivity index (χ4v) is 2.55. The molecule has 0 spiro atoms. The van der Waals surface area contributed by atoms with Crippen molar-refractivity contribution in [2.45, 2.75) is 13.8 Å². The summed E-state index contributed by atoms with van der Waals surface area (Å²) in [7, 11) is 0. The third-order valence-electron chi connectivity index (χ3n) is 2.80. The van der Waals surface area contributed by atoms with Crippen molar-refractivity contribution in [1.82, 2.24) is 4.90 Å². The molecule has 1 aliphatic rings. The average Bonchev–Trinajstić information content (AvgIpc) is 2.65. The topological polar surface area (TPSA) is 66.5 Å². The molecule has 1 aliphatic heterocycles. The molecule has 1 aromatic carbocycles. The Hall–Kier alpha value is -1.82. The monoisotopic (exact) mass is 278 g/mol. The smallest absolute Gasteiger partial charge is 0.289 e. The maximum absolute atomic E-state index is 11.8. The number of nitrogens with one attached hydrogen (secondary N) is 1. The molecule has 1 fully saturated rings. The summed E-state index contributed by atoms with van der Waals surface area (Å²) in [4.78, 5) is 35.6. The van der Waals surface area contributed by atoms with Crippen LogP contribution in [0, 0.1) is 13.8 Å². The molecule has 0 saturated carbocycles. The molecule has 3 amide bonds. The second-order valence-electron chi connectivity index (χ2n) is 4.40. The van der Waals surface area contributed by atoms with E-state index in [2.05, 4.69) is 5.32 Å². The van der Waals surface area contributed by atoms with E-state index in [0.29, 0.717) is 5.69 Å². The summed E-state index contributed by atoms with van der Waals surface area (Å²) in [6.45, 7) is 3.64. The minimum absolute atomic E-state index is 0.121. The number of rotatable bonds is 3. The molecule has 6 heteroatoms. The van der Waals surface area contributed by atoms with Gasteiger partial charge in [-0.1, -0.05) is 29.5 Å². The van der Waals surface area contributed by atoms with Gasteiger partial charge in [-0.3, -0.25) is 19.3 Å². The zero-order valence-electron chi connectivity index (χ0n) is 10.7. The van der Waals surface area contributed by atoms with Crippen LogP contribution in [0.3, 0.4) is 0 Å². The fourth-order valence-electron chi connectivity index (χ4n) is 1.82. The number of nitrogens with zero attached hydrogens (tertiary/aromatic N) is 1. The normalized spacial score (nSPS) is 14.9. The van der Waals surface area contributed by atoms with Gasteiger partial charge in [0.15, 0.2) is 0 Å². The third kappa shape index (κ3) is 3.14. The van der Waals surface area contributed by atoms with Crippen LogP contribution in [0.1, 0.15) is 11.1 Å². The van der Waals surface area contributed by atoms with Gasteiger partial charge in [-0.2, -0.15) is 0 Å². The maximum Gasteiger partial charge on any atom is 0.289 e. The molecule has 19 heavy (non-hydrogen) atoms. The first kappa shape index (κ1) is 13.6. The first-order valence-corrected chi connectivity index (χ1v) is 6.80. The zero-order chi connectivity index (χ0) is 14.0. The number of hydrogen-bond donors (Lipinski definition) is 1. The van der Waals surface area contributed by atoms with Crippen LogP contribution in [0.25, 0.3) is 0 Å². The van der Waals surface area contributed by atoms with E-state index in [0.717, 1.165) is 27.8 Å². The van der Waals surface area contributed by atoms with Crippen molar-refractivity contribution in [3.05, 3.63) is 29.3 Å². The van der Waals surface area contributed by atoms with E-state index in [1.807, 2.05) is 32.0 Å². The van der Waals surface area contributed by atoms with E-state index in [1.54, 1.807) is 0 Å².